The van der Waals surface area contributed by atoms with Crippen molar-refractivity contribution >= 4 is 28.9 Å². The Labute approximate surface area is 94.6 Å². The van der Waals surface area contributed by atoms with Crippen LogP contribution in [0.5, 0.6) is 0 Å². The molecule has 0 bridgehead atoms. The molecule has 0 heterocycles. The van der Waals surface area contributed by atoms with Crippen molar-refractivity contribution in [1.82, 2.24) is 0 Å². The quantitative estimate of drug-likeness (QED) is 0.601. The van der Waals surface area contributed by atoms with Gasteiger partial charge >= 0.3 is 0 Å². The number of alkyl halides is 1. The van der Waals surface area contributed by atoms with E-state index in [1.807, 2.05) is 26.0 Å². The average molecular weight is 227 g/mol. The Morgan fingerprint density at radius 2 is 1.93 bits per heavy atom. The van der Waals surface area contributed by atoms with Crippen LogP contribution in [0, 0.1) is 13.8 Å². The number of nitrogens with two attached hydrogens (primary N) is 1. The van der Waals surface area contributed by atoms with Gasteiger partial charge in [0, 0.05) is 0 Å². The highest BCUT2D eigenvalue weighted by Crippen LogP contribution is 2.23. The second kappa shape index (κ2) is 4.53. The van der Waals surface area contributed by atoms with Gasteiger partial charge < -0.3 is 11.1 Å². The van der Waals surface area contributed by atoms with Crippen LogP contribution in [-0.4, -0.2) is 11.3 Å². The lowest BCUT2D eigenvalue weighted by molar-refractivity contribution is -0.115. The summed E-state index contributed by atoms with van der Waals surface area (Å²) in [6, 6.07) is 3.69. The minimum Gasteiger partial charge on any atom is -0.397 e. The van der Waals surface area contributed by atoms with Crippen LogP contribution in [0.4, 0.5) is 11.4 Å². The minimum atomic E-state index is -0.564. The topological polar surface area (TPSA) is 55.1 Å². The van der Waals surface area contributed by atoms with E-state index in [1.54, 1.807) is 6.92 Å². The summed E-state index contributed by atoms with van der Waals surface area (Å²) in [6.07, 6.45) is 0. The average Bonchev–Trinajstić information content (AvgIpc) is 2.13. The van der Waals surface area contributed by atoms with Crippen molar-refractivity contribution in [1.29, 1.82) is 0 Å². The van der Waals surface area contributed by atoms with E-state index < -0.39 is 5.38 Å². The third kappa shape index (κ3) is 2.86. The molecule has 0 spiro atoms. The monoisotopic (exact) mass is 226 g/mol. The van der Waals surface area contributed by atoms with Crippen LogP contribution in [0.3, 0.4) is 0 Å². The summed E-state index contributed by atoms with van der Waals surface area (Å²) in [4.78, 5) is 11.4. The molecule has 1 rings (SSSR count). The number of hydrogen-bond acceptors (Lipinski definition) is 2. The van der Waals surface area contributed by atoms with Crippen LogP contribution in [0.1, 0.15) is 18.1 Å². The standard InChI is InChI=1S/C11H15ClN2O/c1-6-4-9(13)10(5-7(6)2)14-11(15)8(3)12/h4-5,8H,13H2,1-3H3,(H,14,15). The van der Waals surface area contributed by atoms with Crippen LogP contribution >= 0.6 is 11.6 Å². The number of rotatable bonds is 2. The van der Waals surface area contributed by atoms with Gasteiger partial charge in [-0.25, -0.2) is 0 Å². The number of carbonyl (C=O) groups is 1. The van der Waals surface area contributed by atoms with E-state index in [9.17, 15) is 4.79 Å². The number of nitrogens with one attached hydrogen (secondary N) is 1. The maximum Gasteiger partial charge on any atom is 0.242 e. The number of carbonyl (C=O) groups excluding carboxylic acids is 1. The third-order valence-electron chi connectivity index (χ3n) is 2.29. The molecule has 0 aliphatic rings. The first-order chi connectivity index (χ1) is 6.91. The largest absolute Gasteiger partial charge is 0.397 e. The zero-order valence-electron chi connectivity index (χ0n) is 9.10. The first kappa shape index (κ1) is 11.9. The fourth-order valence-corrected chi connectivity index (χ4v) is 1.23. The van der Waals surface area contributed by atoms with Gasteiger partial charge in [0.2, 0.25) is 5.91 Å². The van der Waals surface area contributed by atoms with Crippen LogP contribution < -0.4 is 11.1 Å². The van der Waals surface area contributed by atoms with Crippen LogP contribution in [-0.2, 0) is 4.79 Å². The zero-order chi connectivity index (χ0) is 11.6. The lowest BCUT2D eigenvalue weighted by Crippen LogP contribution is -2.21. The molecule has 1 aromatic rings. The molecular weight excluding hydrogens is 212 g/mol. The van der Waals surface area contributed by atoms with Gasteiger partial charge in [-0.3, -0.25) is 4.79 Å². The predicted molar refractivity (Wildman–Crippen MR) is 64.3 cm³/mol. The number of nitrogen functional groups attached to an aromatic ring is 1. The Hall–Kier alpha value is -1.22. The predicted octanol–water partition coefficient (Wildman–Crippen LogP) is 2.45. The van der Waals surface area contributed by atoms with E-state index in [1.165, 1.54) is 0 Å². The summed E-state index contributed by atoms with van der Waals surface area (Å²) in [7, 11) is 0. The number of benzene rings is 1. The summed E-state index contributed by atoms with van der Waals surface area (Å²) in [6.45, 7) is 5.56. The molecule has 82 valence electrons. The summed E-state index contributed by atoms with van der Waals surface area (Å²) in [5, 5.41) is 2.12. The normalized spacial score (nSPS) is 12.3. The SMILES string of the molecule is Cc1cc(N)c(NC(=O)C(C)Cl)cc1C. The lowest BCUT2D eigenvalue weighted by atomic mass is 10.1. The van der Waals surface area contributed by atoms with Gasteiger partial charge in [0.25, 0.3) is 0 Å². The Kier molecular flexibility index (Phi) is 3.58. The highest BCUT2D eigenvalue weighted by Gasteiger charge is 2.11. The molecule has 0 aliphatic carbocycles. The molecule has 1 unspecified atom stereocenters. The molecule has 4 heteroatoms. The van der Waals surface area contributed by atoms with Crippen molar-refractivity contribution in [3.8, 4) is 0 Å². The molecule has 3 nitrogen and oxygen atoms in total. The number of anilines is 2. The summed E-state index contributed by atoms with van der Waals surface area (Å²) >= 11 is 5.65. The molecule has 0 saturated heterocycles. The Bertz CT molecular complexity index is 388. The zero-order valence-corrected chi connectivity index (χ0v) is 9.85. The summed E-state index contributed by atoms with van der Waals surface area (Å²) in [5.74, 6) is -0.244. The molecule has 15 heavy (non-hydrogen) atoms. The smallest absolute Gasteiger partial charge is 0.242 e. The number of aryl methyl sites for hydroxylation is 2. The molecule has 0 saturated carbocycles. The highest BCUT2D eigenvalue weighted by atomic mass is 35.5. The van der Waals surface area contributed by atoms with Gasteiger partial charge in [0.15, 0.2) is 0 Å². The lowest BCUT2D eigenvalue weighted by Gasteiger charge is -2.11. The molecule has 0 radical (unpaired) electrons. The van der Waals surface area contributed by atoms with Crippen molar-refractivity contribution < 1.29 is 4.79 Å². The molecule has 0 aromatic heterocycles. The van der Waals surface area contributed by atoms with Crippen molar-refractivity contribution in [2.75, 3.05) is 11.1 Å². The van der Waals surface area contributed by atoms with Gasteiger partial charge in [0.05, 0.1) is 11.4 Å². The van der Waals surface area contributed by atoms with E-state index in [0.717, 1.165) is 11.1 Å². The van der Waals surface area contributed by atoms with Gasteiger partial charge in [-0.05, 0) is 44.0 Å². The maximum atomic E-state index is 11.4. The second-order valence-electron chi connectivity index (χ2n) is 3.63. The maximum absolute atomic E-state index is 11.4. The van der Waals surface area contributed by atoms with Gasteiger partial charge in [-0.15, -0.1) is 11.6 Å². The molecule has 1 aromatic carbocycles. The van der Waals surface area contributed by atoms with Crippen LogP contribution in [0.25, 0.3) is 0 Å². The van der Waals surface area contributed by atoms with E-state index in [0.29, 0.717) is 11.4 Å². The molecule has 1 amide bonds. The Balaban J connectivity index is 2.96. The third-order valence-corrected chi connectivity index (χ3v) is 2.48. The highest BCUT2D eigenvalue weighted by molar-refractivity contribution is 6.32. The fourth-order valence-electron chi connectivity index (χ4n) is 1.18. The summed E-state index contributed by atoms with van der Waals surface area (Å²) < 4.78 is 0. The van der Waals surface area contributed by atoms with Crippen LogP contribution in [0.15, 0.2) is 12.1 Å². The molecule has 0 aliphatic heterocycles. The Morgan fingerprint density at radius 1 is 1.40 bits per heavy atom. The van der Waals surface area contributed by atoms with E-state index in [2.05, 4.69) is 5.32 Å². The molecule has 1 atom stereocenters. The number of hydrogen-bond donors (Lipinski definition) is 2. The first-order valence-corrected chi connectivity index (χ1v) is 5.17. The molecule has 0 fully saturated rings. The van der Waals surface area contributed by atoms with E-state index in [4.69, 9.17) is 17.3 Å². The Morgan fingerprint density at radius 3 is 2.47 bits per heavy atom. The van der Waals surface area contributed by atoms with Gasteiger partial charge in [-0.2, -0.15) is 0 Å². The van der Waals surface area contributed by atoms with Crippen LogP contribution in [0.2, 0.25) is 0 Å². The minimum absolute atomic E-state index is 0.244. The first-order valence-electron chi connectivity index (χ1n) is 4.73. The number of amides is 1. The fraction of sp³-hybridized carbons (Fsp3) is 0.364. The van der Waals surface area contributed by atoms with Crippen molar-refractivity contribution in [3.05, 3.63) is 23.3 Å². The summed E-state index contributed by atoms with van der Waals surface area (Å²) in [5.41, 5.74) is 9.15. The van der Waals surface area contributed by atoms with E-state index in [-0.39, 0.29) is 5.91 Å². The second-order valence-corrected chi connectivity index (χ2v) is 4.28. The number of halogens is 1. The van der Waals surface area contributed by atoms with Crippen molar-refractivity contribution in [2.24, 2.45) is 0 Å². The van der Waals surface area contributed by atoms with E-state index >= 15 is 0 Å². The molecular formula is C11H15ClN2O. The molecule has 3 N–H and O–H groups in total. The van der Waals surface area contributed by atoms with Gasteiger partial charge in [-0.1, -0.05) is 0 Å². The van der Waals surface area contributed by atoms with Gasteiger partial charge in [0.1, 0.15) is 5.38 Å². The van der Waals surface area contributed by atoms with Crippen molar-refractivity contribution in [2.45, 2.75) is 26.1 Å². The van der Waals surface area contributed by atoms with Crippen molar-refractivity contribution in [3.63, 3.8) is 0 Å².